The summed E-state index contributed by atoms with van der Waals surface area (Å²) in [6.45, 7) is 0.470. The van der Waals surface area contributed by atoms with Crippen LogP contribution in [-0.4, -0.2) is 37.0 Å². The zero-order valence-electron chi connectivity index (χ0n) is 17.0. The van der Waals surface area contributed by atoms with Gasteiger partial charge in [0.1, 0.15) is 0 Å². The molecule has 0 aliphatic rings. The summed E-state index contributed by atoms with van der Waals surface area (Å²) < 4.78 is 3.82. The van der Waals surface area contributed by atoms with Crippen LogP contribution in [0.15, 0.2) is 84.6 Å². The Kier molecular flexibility index (Phi) is 5.09. The van der Waals surface area contributed by atoms with Crippen LogP contribution in [0.3, 0.4) is 0 Å². The summed E-state index contributed by atoms with van der Waals surface area (Å²) in [6.07, 6.45) is 6.15. The Morgan fingerprint density at radius 3 is 2.52 bits per heavy atom. The van der Waals surface area contributed by atoms with E-state index >= 15 is 0 Å². The molecule has 6 nitrogen and oxygen atoms in total. The molecule has 0 unspecified atom stereocenters. The molecule has 3 aromatic heterocycles. The smallest absolute Gasteiger partial charge is 0.228 e. The van der Waals surface area contributed by atoms with Gasteiger partial charge in [0, 0.05) is 48.7 Å². The van der Waals surface area contributed by atoms with Crippen LogP contribution in [0.5, 0.6) is 0 Å². The number of carbonyl (C=O) groups is 1. The van der Waals surface area contributed by atoms with Gasteiger partial charge in [-0.05, 0) is 12.1 Å². The van der Waals surface area contributed by atoms with Crippen LogP contribution < -0.4 is 0 Å². The molecule has 0 N–H and O–H groups in total. The highest BCUT2D eigenvalue weighted by Crippen LogP contribution is 2.25. The summed E-state index contributed by atoms with van der Waals surface area (Å²) >= 11 is 1.56. The molecule has 0 aliphatic carbocycles. The van der Waals surface area contributed by atoms with Crippen LogP contribution in [0.2, 0.25) is 0 Å². The predicted molar refractivity (Wildman–Crippen MR) is 122 cm³/mol. The van der Waals surface area contributed by atoms with Gasteiger partial charge in [-0.1, -0.05) is 48.5 Å². The van der Waals surface area contributed by atoms with Crippen LogP contribution in [0.1, 0.15) is 11.3 Å². The van der Waals surface area contributed by atoms with Gasteiger partial charge in [0.05, 0.1) is 23.5 Å². The Morgan fingerprint density at radius 1 is 1.03 bits per heavy atom. The molecule has 5 rings (SSSR count). The molecule has 7 heteroatoms. The fourth-order valence-corrected chi connectivity index (χ4v) is 4.29. The molecule has 0 atom stereocenters. The maximum absolute atomic E-state index is 12.9. The highest BCUT2D eigenvalue weighted by molar-refractivity contribution is 7.15. The second-order valence-corrected chi connectivity index (χ2v) is 8.27. The largest absolute Gasteiger partial charge is 0.341 e. The second kappa shape index (κ2) is 8.20. The molecule has 1 amide bonds. The van der Waals surface area contributed by atoms with E-state index in [0.29, 0.717) is 6.54 Å². The van der Waals surface area contributed by atoms with Gasteiger partial charge < -0.3 is 4.90 Å². The minimum Gasteiger partial charge on any atom is -0.341 e. The first-order valence-electron chi connectivity index (χ1n) is 10.0. The summed E-state index contributed by atoms with van der Waals surface area (Å²) in [7, 11) is 1.83. The third-order valence-corrected chi connectivity index (χ3v) is 5.94. The van der Waals surface area contributed by atoms with Crippen molar-refractivity contribution in [1.29, 1.82) is 0 Å². The van der Waals surface area contributed by atoms with Crippen LogP contribution in [0, 0.1) is 0 Å². The van der Waals surface area contributed by atoms with Crippen LogP contribution in [-0.2, 0) is 17.8 Å². The van der Waals surface area contributed by atoms with Gasteiger partial charge >= 0.3 is 0 Å². The van der Waals surface area contributed by atoms with Gasteiger partial charge in [0.15, 0.2) is 4.96 Å². The molecule has 31 heavy (non-hydrogen) atoms. The number of likely N-dealkylation sites (N-methyl/N-ethyl adjacent to an activating group) is 1. The quantitative estimate of drug-likeness (QED) is 0.402. The number of aromatic nitrogens is 4. The Bertz CT molecular complexity index is 1290. The number of nitrogens with zero attached hydrogens (tertiary/aromatic N) is 5. The zero-order chi connectivity index (χ0) is 21.2. The van der Waals surface area contributed by atoms with Crippen molar-refractivity contribution in [3.8, 4) is 16.9 Å². The maximum atomic E-state index is 12.9. The number of para-hydroxylation sites is 1. The summed E-state index contributed by atoms with van der Waals surface area (Å²) in [6, 6.07) is 20.1. The summed E-state index contributed by atoms with van der Waals surface area (Å²) in [5, 5.41) is 6.82. The average molecular weight is 428 g/mol. The molecule has 0 aliphatic heterocycles. The zero-order valence-corrected chi connectivity index (χ0v) is 17.9. The molecule has 2 aromatic carbocycles. The van der Waals surface area contributed by atoms with E-state index in [9.17, 15) is 4.79 Å². The van der Waals surface area contributed by atoms with Crippen molar-refractivity contribution in [2.24, 2.45) is 0 Å². The van der Waals surface area contributed by atoms with Gasteiger partial charge in [0.25, 0.3) is 0 Å². The topological polar surface area (TPSA) is 55.4 Å². The number of imidazole rings is 1. The minimum absolute atomic E-state index is 0.0252. The first-order chi connectivity index (χ1) is 15.2. The molecule has 0 saturated heterocycles. The molecule has 0 radical (unpaired) electrons. The Balaban J connectivity index is 1.40. The van der Waals surface area contributed by atoms with Gasteiger partial charge in [-0.2, -0.15) is 5.10 Å². The lowest BCUT2D eigenvalue weighted by Gasteiger charge is -2.16. The van der Waals surface area contributed by atoms with E-state index in [-0.39, 0.29) is 12.3 Å². The van der Waals surface area contributed by atoms with Crippen LogP contribution in [0.25, 0.3) is 21.9 Å². The number of hydrogen-bond acceptors (Lipinski definition) is 4. The normalized spacial score (nSPS) is 11.1. The summed E-state index contributed by atoms with van der Waals surface area (Å²) in [4.78, 5) is 20.1. The monoisotopic (exact) mass is 427 g/mol. The number of benzene rings is 2. The standard InChI is InChI=1S/C24H21N5OS/c1-27(22(30)14-20-17-28-12-13-31-24(28)25-20)15-19-16-29(21-10-6-3-7-11-21)26-23(19)18-8-4-2-5-9-18/h2-13,16-17H,14-15H2,1H3. The van der Waals surface area contributed by atoms with Crippen molar-refractivity contribution in [2.75, 3.05) is 7.05 Å². The minimum atomic E-state index is 0.0252. The Labute approximate surface area is 184 Å². The molecule has 0 fully saturated rings. The molecule has 5 aromatic rings. The third-order valence-electron chi connectivity index (χ3n) is 5.17. The summed E-state index contributed by atoms with van der Waals surface area (Å²) in [5.41, 5.74) is 4.68. The number of hydrogen-bond donors (Lipinski definition) is 0. The van der Waals surface area contributed by atoms with Crippen LogP contribution >= 0.6 is 11.3 Å². The van der Waals surface area contributed by atoms with Crippen molar-refractivity contribution < 1.29 is 4.79 Å². The van der Waals surface area contributed by atoms with Crippen molar-refractivity contribution >= 4 is 22.2 Å². The third kappa shape index (κ3) is 4.00. The molecule has 0 saturated carbocycles. The molecule has 3 heterocycles. The van der Waals surface area contributed by atoms with Crippen molar-refractivity contribution in [1.82, 2.24) is 24.1 Å². The highest BCUT2D eigenvalue weighted by atomic mass is 32.1. The first-order valence-corrected chi connectivity index (χ1v) is 10.9. The summed E-state index contributed by atoms with van der Waals surface area (Å²) in [5.74, 6) is 0.0252. The van der Waals surface area contributed by atoms with E-state index in [4.69, 9.17) is 5.10 Å². The SMILES string of the molecule is CN(Cc1cn(-c2ccccc2)nc1-c1ccccc1)C(=O)Cc1cn2ccsc2n1. The number of thiazole rings is 1. The lowest BCUT2D eigenvalue weighted by molar-refractivity contribution is -0.129. The molecular formula is C24H21N5OS. The number of fused-ring (bicyclic) bond motifs is 1. The van der Waals surface area contributed by atoms with E-state index in [2.05, 4.69) is 4.98 Å². The highest BCUT2D eigenvalue weighted by Gasteiger charge is 2.18. The van der Waals surface area contributed by atoms with Crippen molar-refractivity contribution in [3.05, 3.63) is 95.9 Å². The Morgan fingerprint density at radius 2 is 1.77 bits per heavy atom. The van der Waals surface area contributed by atoms with Crippen molar-refractivity contribution in [2.45, 2.75) is 13.0 Å². The maximum Gasteiger partial charge on any atom is 0.228 e. The molecular weight excluding hydrogens is 406 g/mol. The van der Waals surface area contributed by atoms with E-state index in [1.54, 1.807) is 16.2 Å². The van der Waals surface area contributed by atoms with Crippen molar-refractivity contribution in [3.63, 3.8) is 0 Å². The number of rotatable bonds is 6. The molecule has 0 spiro atoms. The van der Waals surface area contributed by atoms with Gasteiger partial charge in [0.2, 0.25) is 5.91 Å². The lowest BCUT2D eigenvalue weighted by atomic mass is 10.1. The van der Waals surface area contributed by atoms with E-state index in [1.807, 2.05) is 101 Å². The fourth-order valence-electron chi connectivity index (χ4n) is 3.57. The molecule has 154 valence electrons. The van der Waals surface area contributed by atoms with E-state index in [0.717, 1.165) is 33.2 Å². The van der Waals surface area contributed by atoms with Crippen LogP contribution in [0.4, 0.5) is 0 Å². The van der Waals surface area contributed by atoms with E-state index < -0.39 is 0 Å². The molecule has 0 bridgehead atoms. The van der Waals surface area contributed by atoms with Gasteiger partial charge in [-0.15, -0.1) is 11.3 Å². The second-order valence-electron chi connectivity index (χ2n) is 7.40. The first kappa shape index (κ1) is 19.3. The predicted octanol–water partition coefficient (Wildman–Crippen LogP) is 4.45. The Hall–Kier alpha value is -3.71. The number of carbonyl (C=O) groups excluding carboxylic acids is 1. The lowest BCUT2D eigenvalue weighted by Crippen LogP contribution is -2.27. The van der Waals surface area contributed by atoms with Gasteiger partial charge in [-0.3, -0.25) is 9.20 Å². The van der Waals surface area contributed by atoms with E-state index in [1.165, 1.54) is 0 Å². The van der Waals surface area contributed by atoms with Gasteiger partial charge in [-0.25, -0.2) is 9.67 Å². The number of amides is 1. The fraction of sp³-hybridized carbons (Fsp3) is 0.125. The average Bonchev–Trinajstić information content (AvgIpc) is 3.50.